The number of carboxylic acid groups (broad SMARTS) is 1. The SMILES string of the molecule is O=[14C](O)[C@@H]1CCCN(CCC=C2c3ccccc3CCc3ccccc32)C1. The van der Waals surface area contributed by atoms with Crippen LogP contribution in [-0.4, -0.2) is 35.6 Å². The van der Waals surface area contributed by atoms with Crippen LogP contribution in [0.1, 0.15) is 41.5 Å². The first kappa shape index (κ1) is 18.0. The molecule has 1 N–H and O–H groups in total. The number of piperidine rings is 1. The lowest BCUT2D eigenvalue weighted by Gasteiger charge is -2.30. The van der Waals surface area contributed by atoms with Crippen molar-refractivity contribution >= 4 is 11.5 Å². The predicted molar refractivity (Wildman–Crippen MR) is 109 cm³/mol. The number of carbonyl (C=O) groups is 1. The van der Waals surface area contributed by atoms with Gasteiger partial charge in [0.05, 0.1) is 5.92 Å². The molecular formula is C24H27NO2. The van der Waals surface area contributed by atoms with E-state index in [1.165, 1.54) is 27.8 Å². The maximum atomic E-state index is 11.3. The fourth-order valence-electron chi connectivity index (χ4n) is 4.49. The van der Waals surface area contributed by atoms with Crippen molar-refractivity contribution in [3.8, 4) is 0 Å². The van der Waals surface area contributed by atoms with Crippen molar-refractivity contribution < 1.29 is 9.90 Å². The Morgan fingerprint density at radius 3 is 2.30 bits per heavy atom. The van der Waals surface area contributed by atoms with Crippen LogP contribution in [0, 0.1) is 5.92 Å². The molecule has 0 spiro atoms. The third kappa shape index (κ3) is 3.98. The molecule has 0 amide bonds. The Kier molecular flexibility index (Phi) is 5.40. The molecule has 1 saturated heterocycles. The summed E-state index contributed by atoms with van der Waals surface area (Å²) in [5.41, 5.74) is 6.88. The van der Waals surface area contributed by atoms with Crippen molar-refractivity contribution in [1.82, 2.24) is 4.90 Å². The zero-order valence-corrected chi connectivity index (χ0v) is 15.7. The molecule has 2 aromatic rings. The molecule has 1 atom stereocenters. The highest BCUT2D eigenvalue weighted by molar-refractivity contribution is 5.83. The van der Waals surface area contributed by atoms with E-state index >= 15 is 0 Å². The Bertz CT molecular complexity index is 805. The van der Waals surface area contributed by atoms with E-state index in [4.69, 9.17) is 0 Å². The third-order valence-electron chi connectivity index (χ3n) is 5.93. The lowest BCUT2D eigenvalue weighted by atomic mass is 9.93. The van der Waals surface area contributed by atoms with E-state index in [1.54, 1.807) is 0 Å². The molecule has 2 aliphatic rings. The second-order valence-electron chi connectivity index (χ2n) is 7.70. The number of nitrogens with zero attached hydrogens (tertiary/aromatic N) is 1. The van der Waals surface area contributed by atoms with Gasteiger partial charge in [0, 0.05) is 13.1 Å². The first-order valence-corrected chi connectivity index (χ1v) is 10.0. The van der Waals surface area contributed by atoms with Gasteiger partial charge in [0.1, 0.15) is 0 Å². The minimum absolute atomic E-state index is 0.203. The Morgan fingerprint density at radius 2 is 1.67 bits per heavy atom. The molecule has 0 aromatic heterocycles. The molecule has 1 fully saturated rings. The molecule has 140 valence electrons. The van der Waals surface area contributed by atoms with Gasteiger partial charge in [0.15, 0.2) is 0 Å². The minimum atomic E-state index is -0.648. The normalized spacial score (nSPS) is 19.7. The topological polar surface area (TPSA) is 40.5 Å². The Balaban J connectivity index is 1.56. The number of likely N-dealkylation sites (tertiary alicyclic amines) is 1. The van der Waals surface area contributed by atoms with Gasteiger partial charge in [0.25, 0.3) is 0 Å². The van der Waals surface area contributed by atoms with E-state index in [9.17, 15) is 9.90 Å². The zero-order valence-electron chi connectivity index (χ0n) is 15.7. The van der Waals surface area contributed by atoms with Gasteiger partial charge in [-0.15, -0.1) is 0 Å². The van der Waals surface area contributed by atoms with Crippen LogP contribution in [0.2, 0.25) is 0 Å². The third-order valence-corrected chi connectivity index (χ3v) is 5.93. The molecule has 0 unspecified atom stereocenters. The first-order chi connectivity index (χ1) is 13.2. The summed E-state index contributed by atoms with van der Waals surface area (Å²) in [6.45, 7) is 2.63. The van der Waals surface area contributed by atoms with Crippen molar-refractivity contribution in [2.24, 2.45) is 5.92 Å². The van der Waals surface area contributed by atoms with Crippen LogP contribution in [0.3, 0.4) is 0 Å². The van der Waals surface area contributed by atoms with Crippen molar-refractivity contribution in [3.63, 3.8) is 0 Å². The molecule has 2 aromatic carbocycles. The summed E-state index contributed by atoms with van der Waals surface area (Å²) in [6, 6.07) is 17.5. The number of carboxylic acids is 1. The molecule has 0 radical (unpaired) electrons. The maximum absolute atomic E-state index is 11.3. The summed E-state index contributed by atoms with van der Waals surface area (Å²) >= 11 is 0. The average Bonchev–Trinajstić information content (AvgIpc) is 2.86. The highest BCUT2D eigenvalue weighted by Gasteiger charge is 2.25. The van der Waals surface area contributed by atoms with Crippen LogP contribution < -0.4 is 0 Å². The van der Waals surface area contributed by atoms with E-state index in [0.717, 1.165) is 45.2 Å². The molecular weight excluding hydrogens is 336 g/mol. The summed E-state index contributed by atoms with van der Waals surface area (Å²) in [7, 11) is 0. The number of benzene rings is 2. The highest BCUT2D eigenvalue weighted by atomic mass is 16.6. The lowest BCUT2D eigenvalue weighted by Crippen LogP contribution is -2.39. The van der Waals surface area contributed by atoms with Crippen LogP contribution in [0.5, 0.6) is 0 Å². The molecule has 1 aliphatic carbocycles. The van der Waals surface area contributed by atoms with Gasteiger partial charge in [-0.3, -0.25) is 4.79 Å². The van der Waals surface area contributed by atoms with Crippen molar-refractivity contribution in [1.29, 1.82) is 0 Å². The number of aliphatic carboxylic acids is 1. The summed E-state index contributed by atoms with van der Waals surface area (Å²) in [5.74, 6) is -0.851. The van der Waals surface area contributed by atoms with Gasteiger partial charge in [-0.25, -0.2) is 0 Å². The highest BCUT2D eigenvalue weighted by Crippen LogP contribution is 2.33. The van der Waals surface area contributed by atoms with Gasteiger partial charge in [-0.1, -0.05) is 54.6 Å². The largest absolute Gasteiger partial charge is 0.481 e. The molecule has 0 bridgehead atoms. The molecule has 27 heavy (non-hydrogen) atoms. The first-order valence-electron chi connectivity index (χ1n) is 10.0. The molecule has 0 saturated carbocycles. The molecule has 3 nitrogen and oxygen atoms in total. The number of hydrogen-bond acceptors (Lipinski definition) is 2. The number of fused-ring (bicyclic) bond motifs is 2. The van der Waals surface area contributed by atoms with Crippen LogP contribution in [-0.2, 0) is 17.6 Å². The standard InChI is InChI=1S/C24H27NO2/c26-24(27)20-9-5-15-25(17-20)16-6-12-23-21-10-3-1-7-18(21)13-14-19-8-2-4-11-22(19)23/h1-4,7-8,10-12,20H,5-6,9,13-17H2,(H,26,27)/t20-/m1/s1/i24+2. The fourth-order valence-corrected chi connectivity index (χ4v) is 4.49. The zero-order chi connectivity index (χ0) is 18.6. The number of hydrogen-bond donors (Lipinski definition) is 1. The second-order valence-corrected chi connectivity index (χ2v) is 7.70. The van der Waals surface area contributed by atoms with E-state index in [-0.39, 0.29) is 5.92 Å². The minimum Gasteiger partial charge on any atom is -0.481 e. The average molecular weight is 363 g/mol. The summed E-state index contributed by atoms with van der Waals surface area (Å²) < 4.78 is 0. The van der Waals surface area contributed by atoms with Gasteiger partial charge < -0.3 is 10.0 Å². The molecule has 3 heteroatoms. The Morgan fingerprint density at radius 1 is 1.04 bits per heavy atom. The Hall–Kier alpha value is -2.39. The maximum Gasteiger partial charge on any atom is 0.307 e. The molecule has 1 aliphatic heterocycles. The molecule has 1 heterocycles. The van der Waals surface area contributed by atoms with Gasteiger partial charge in [0.2, 0.25) is 0 Å². The monoisotopic (exact) mass is 363 g/mol. The van der Waals surface area contributed by atoms with Gasteiger partial charge >= 0.3 is 5.97 Å². The van der Waals surface area contributed by atoms with Crippen LogP contribution >= 0.6 is 0 Å². The van der Waals surface area contributed by atoms with Crippen molar-refractivity contribution in [2.75, 3.05) is 19.6 Å². The van der Waals surface area contributed by atoms with Crippen molar-refractivity contribution in [3.05, 3.63) is 76.9 Å². The summed E-state index contributed by atoms with van der Waals surface area (Å²) in [6.07, 6.45) is 7.28. The smallest absolute Gasteiger partial charge is 0.307 e. The lowest BCUT2D eigenvalue weighted by molar-refractivity contribution is -0.143. The van der Waals surface area contributed by atoms with Gasteiger partial charge in [-0.05, 0) is 66.5 Å². The van der Waals surface area contributed by atoms with Crippen molar-refractivity contribution in [2.45, 2.75) is 32.1 Å². The van der Waals surface area contributed by atoms with E-state index in [1.807, 2.05) is 0 Å². The van der Waals surface area contributed by atoms with Crippen LogP contribution in [0.25, 0.3) is 5.57 Å². The van der Waals surface area contributed by atoms with E-state index in [2.05, 4.69) is 59.5 Å². The van der Waals surface area contributed by atoms with Crippen LogP contribution in [0.15, 0.2) is 54.6 Å². The quantitative estimate of drug-likeness (QED) is 0.875. The number of aryl methyl sites for hydroxylation is 2. The van der Waals surface area contributed by atoms with Crippen LogP contribution in [0.4, 0.5) is 0 Å². The number of rotatable bonds is 4. The predicted octanol–water partition coefficient (Wildman–Crippen LogP) is 4.40. The fraction of sp³-hybridized carbons (Fsp3) is 0.375. The summed E-state index contributed by atoms with van der Waals surface area (Å²) in [5, 5.41) is 9.30. The van der Waals surface area contributed by atoms with E-state index in [0.29, 0.717) is 6.54 Å². The summed E-state index contributed by atoms with van der Waals surface area (Å²) in [4.78, 5) is 13.6. The van der Waals surface area contributed by atoms with E-state index < -0.39 is 5.97 Å². The van der Waals surface area contributed by atoms with Gasteiger partial charge in [-0.2, -0.15) is 0 Å². The molecule has 4 rings (SSSR count). The second kappa shape index (κ2) is 8.10. The Labute approximate surface area is 161 Å².